The summed E-state index contributed by atoms with van der Waals surface area (Å²) in [6.07, 6.45) is 5.82. The Hall–Kier alpha value is -3.61. The van der Waals surface area contributed by atoms with E-state index in [9.17, 15) is 14.4 Å². The first-order valence-electron chi connectivity index (χ1n) is 12.2. The van der Waals surface area contributed by atoms with Gasteiger partial charge < -0.3 is 20.5 Å². The van der Waals surface area contributed by atoms with Gasteiger partial charge in [0.05, 0.1) is 0 Å². The molecule has 0 saturated carbocycles. The fourth-order valence-electron chi connectivity index (χ4n) is 4.42. The van der Waals surface area contributed by atoms with Crippen LogP contribution in [0.2, 0.25) is 0 Å². The Labute approximate surface area is 206 Å². The number of amides is 2. The molecule has 1 aliphatic carbocycles. The molecule has 0 heterocycles. The molecule has 0 spiro atoms. The highest BCUT2D eigenvalue weighted by Crippen LogP contribution is 2.44. The SMILES string of the molecule is C=CCCCCCCNC(=O)C(CCC(=O)O)NC(=O)OCC1c2ccccc2-c2ccccc21. The predicted octanol–water partition coefficient (Wildman–Crippen LogP) is 5.01. The second kappa shape index (κ2) is 13.3. The van der Waals surface area contributed by atoms with Crippen LogP contribution in [0.25, 0.3) is 11.1 Å². The van der Waals surface area contributed by atoms with Crippen molar-refractivity contribution in [1.29, 1.82) is 0 Å². The minimum absolute atomic E-state index is 0.00923. The van der Waals surface area contributed by atoms with E-state index in [4.69, 9.17) is 9.84 Å². The Balaban J connectivity index is 1.53. The summed E-state index contributed by atoms with van der Waals surface area (Å²) in [7, 11) is 0. The topological polar surface area (TPSA) is 105 Å². The van der Waals surface area contributed by atoms with Gasteiger partial charge in [0, 0.05) is 18.9 Å². The Morgan fingerprint density at radius 2 is 1.60 bits per heavy atom. The second-order valence-electron chi connectivity index (χ2n) is 8.74. The lowest BCUT2D eigenvalue weighted by molar-refractivity contribution is -0.137. The zero-order valence-corrected chi connectivity index (χ0v) is 20.0. The van der Waals surface area contributed by atoms with E-state index in [0.717, 1.165) is 54.4 Å². The molecule has 3 rings (SSSR count). The number of hydrogen-bond acceptors (Lipinski definition) is 4. The van der Waals surface area contributed by atoms with Gasteiger partial charge >= 0.3 is 12.1 Å². The summed E-state index contributed by atoms with van der Waals surface area (Å²) in [5.41, 5.74) is 4.44. The lowest BCUT2D eigenvalue weighted by Gasteiger charge is -2.19. The number of allylic oxidation sites excluding steroid dienone is 1. The number of aliphatic carboxylic acids is 1. The van der Waals surface area contributed by atoms with Crippen LogP contribution in [0.15, 0.2) is 61.2 Å². The molecular formula is C28H34N2O5. The van der Waals surface area contributed by atoms with Gasteiger partial charge in [-0.15, -0.1) is 6.58 Å². The molecule has 35 heavy (non-hydrogen) atoms. The number of fused-ring (bicyclic) bond motifs is 3. The number of hydrogen-bond donors (Lipinski definition) is 3. The highest BCUT2D eigenvalue weighted by atomic mass is 16.5. The van der Waals surface area contributed by atoms with Crippen LogP contribution in [-0.2, 0) is 14.3 Å². The molecule has 2 aromatic carbocycles. The zero-order valence-electron chi connectivity index (χ0n) is 20.0. The van der Waals surface area contributed by atoms with Gasteiger partial charge in [-0.3, -0.25) is 9.59 Å². The summed E-state index contributed by atoms with van der Waals surface area (Å²) in [6.45, 7) is 4.30. The average molecular weight is 479 g/mol. The number of rotatable bonds is 14. The van der Waals surface area contributed by atoms with E-state index < -0.39 is 24.0 Å². The number of carbonyl (C=O) groups is 3. The second-order valence-corrected chi connectivity index (χ2v) is 8.74. The smallest absolute Gasteiger partial charge is 0.407 e. The normalized spacial score (nSPS) is 12.8. The standard InChI is InChI=1S/C28H34N2O5/c1-2-3-4-5-6-11-18-29-27(33)25(16-17-26(31)32)30-28(34)35-19-24-22-14-9-7-12-20(22)21-13-8-10-15-23(21)24/h2,7-10,12-15,24-25H,1,3-6,11,16-19H2,(H,29,33)(H,30,34)(H,31,32). The van der Waals surface area contributed by atoms with Gasteiger partial charge in [-0.05, 0) is 47.9 Å². The summed E-state index contributed by atoms with van der Waals surface area (Å²) in [5, 5.41) is 14.4. The van der Waals surface area contributed by atoms with E-state index in [1.54, 1.807) is 0 Å². The van der Waals surface area contributed by atoms with Crippen molar-refractivity contribution in [2.24, 2.45) is 0 Å². The largest absolute Gasteiger partial charge is 0.481 e. The summed E-state index contributed by atoms with van der Waals surface area (Å²) in [6, 6.07) is 15.1. The van der Waals surface area contributed by atoms with Crippen molar-refractivity contribution < 1.29 is 24.2 Å². The molecule has 2 amide bonds. The highest BCUT2D eigenvalue weighted by molar-refractivity contribution is 5.86. The molecule has 7 nitrogen and oxygen atoms in total. The number of unbranched alkanes of at least 4 members (excludes halogenated alkanes) is 4. The van der Waals surface area contributed by atoms with Gasteiger partial charge in [-0.1, -0.05) is 67.4 Å². The van der Waals surface area contributed by atoms with Crippen LogP contribution in [0, 0.1) is 0 Å². The van der Waals surface area contributed by atoms with Crippen molar-refractivity contribution >= 4 is 18.0 Å². The van der Waals surface area contributed by atoms with Crippen molar-refractivity contribution in [3.63, 3.8) is 0 Å². The van der Waals surface area contributed by atoms with Gasteiger partial charge in [0.25, 0.3) is 0 Å². The van der Waals surface area contributed by atoms with E-state index in [0.29, 0.717) is 6.54 Å². The molecule has 1 unspecified atom stereocenters. The summed E-state index contributed by atoms with van der Waals surface area (Å²) >= 11 is 0. The highest BCUT2D eigenvalue weighted by Gasteiger charge is 2.29. The number of carbonyl (C=O) groups excluding carboxylic acids is 2. The number of carboxylic acid groups (broad SMARTS) is 1. The van der Waals surface area contributed by atoms with E-state index in [-0.39, 0.29) is 25.4 Å². The summed E-state index contributed by atoms with van der Waals surface area (Å²) in [5.74, 6) is -1.52. The molecule has 0 aliphatic heterocycles. The van der Waals surface area contributed by atoms with Crippen molar-refractivity contribution in [3.05, 3.63) is 72.3 Å². The number of alkyl carbamates (subject to hydrolysis) is 1. The zero-order chi connectivity index (χ0) is 25.0. The Morgan fingerprint density at radius 3 is 2.23 bits per heavy atom. The van der Waals surface area contributed by atoms with Crippen LogP contribution in [-0.4, -0.2) is 42.3 Å². The van der Waals surface area contributed by atoms with E-state index in [2.05, 4.69) is 29.3 Å². The fourth-order valence-corrected chi connectivity index (χ4v) is 4.42. The van der Waals surface area contributed by atoms with Crippen molar-refractivity contribution in [1.82, 2.24) is 10.6 Å². The van der Waals surface area contributed by atoms with E-state index in [1.165, 1.54) is 0 Å². The molecule has 0 fully saturated rings. The third-order valence-electron chi connectivity index (χ3n) is 6.23. The van der Waals surface area contributed by atoms with Crippen LogP contribution in [0.3, 0.4) is 0 Å². The van der Waals surface area contributed by atoms with Crippen LogP contribution in [0.4, 0.5) is 4.79 Å². The third-order valence-corrected chi connectivity index (χ3v) is 6.23. The number of nitrogens with one attached hydrogen (secondary N) is 2. The van der Waals surface area contributed by atoms with Crippen LogP contribution in [0.5, 0.6) is 0 Å². The number of carboxylic acids is 1. The fraction of sp³-hybridized carbons (Fsp3) is 0.393. The van der Waals surface area contributed by atoms with Gasteiger partial charge in [-0.25, -0.2) is 4.79 Å². The first-order chi connectivity index (χ1) is 17.0. The van der Waals surface area contributed by atoms with Crippen LogP contribution in [0.1, 0.15) is 62.0 Å². The first-order valence-corrected chi connectivity index (χ1v) is 12.2. The number of ether oxygens (including phenoxy) is 1. The molecule has 2 aromatic rings. The lowest BCUT2D eigenvalue weighted by atomic mass is 9.98. The van der Waals surface area contributed by atoms with Crippen LogP contribution < -0.4 is 10.6 Å². The quantitative estimate of drug-likeness (QED) is 0.261. The van der Waals surface area contributed by atoms with Gasteiger partial charge in [0.15, 0.2) is 0 Å². The Kier molecular flexibility index (Phi) is 9.90. The molecule has 1 aliphatic rings. The predicted molar refractivity (Wildman–Crippen MR) is 135 cm³/mol. The van der Waals surface area contributed by atoms with Crippen molar-refractivity contribution in [3.8, 4) is 11.1 Å². The lowest BCUT2D eigenvalue weighted by Crippen LogP contribution is -2.47. The third kappa shape index (κ3) is 7.44. The first kappa shape index (κ1) is 26.0. The monoisotopic (exact) mass is 478 g/mol. The summed E-state index contributed by atoms with van der Waals surface area (Å²) < 4.78 is 5.52. The average Bonchev–Trinajstić information content (AvgIpc) is 3.18. The van der Waals surface area contributed by atoms with Gasteiger partial charge in [-0.2, -0.15) is 0 Å². The van der Waals surface area contributed by atoms with E-state index in [1.807, 2.05) is 42.5 Å². The molecular weight excluding hydrogens is 444 g/mol. The molecule has 7 heteroatoms. The maximum Gasteiger partial charge on any atom is 0.407 e. The molecule has 0 saturated heterocycles. The minimum Gasteiger partial charge on any atom is -0.481 e. The van der Waals surface area contributed by atoms with Crippen molar-refractivity contribution in [2.45, 2.75) is 56.9 Å². The molecule has 0 aromatic heterocycles. The maximum absolute atomic E-state index is 12.6. The van der Waals surface area contributed by atoms with Crippen molar-refractivity contribution in [2.75, 3.05) is 13.2 Å². The summed E-state index contributed by atoms with van der Waals surface area (Å²) in [4.78, 5) is 36.3. The molecule has 0 radical (unpaired) electrons. The molecule has 0 bridgehead atoms. The number of benzene rings is 2. The van der Waals surface area contributed by atoms with Gasteiger partial charge in [0.1, 0.15) is 12.6 Å². The molecule has 186 valence electrons. The minimum atomic E-state index is -1.03. The van der Waals surface area contributed by atoms with E-state index >= 15 is 0 Å². The molecule has 3 N–H and O–H groups in total. The Morgan fingerprint density at radius 1 is 0.971 bits per heavy atom. The van der Waals surface area contributed by atoms with Gasteiger partial charge in [0.2, 0.25) is 5.91 Å². The maximum atomic E-state index is 12.6. The molecule has 1 atom stereocenters. The Bertz CT molecular complexity index is 990. The van der Waals surface area contributed by atoms with Crippen LogP contribution >= 0.6 is 0 Å².